The fourth-order valence-electron chi connectivity index (χ4n) is 1.56. The van der Waals surface area contributed by atoms with E-state index < -0.39 is 5.97 Å². The number of hydrogen-bond donors (Lipinski definition) is 0. The molecule has 0 unspecified atom stereocenters. The van der Waals surface area contributed by atoms with E-state index in [1.807, 2.05) is 19.9 Å². The number of hydrogen-bond acceptors (Lipinski definition) is 4. The Kier molecular flexibility index (Phi) is 4.56. The Morgan fingerprint density at radius 1 is 1.47 bits per heavy atom. The summed E-state index contributed by atoms with van der Waals surface area (Å²) < 4.78 is 6.85. The van der Waals surface area contributed by atoms with Crippen LogP contribution in [0, 0.1) is 13.8 Å². The Bertz CT molecular complexity index is 531. The van der Waals surface area contributed by atoms with Crippen LogP contribution in [0.3, 0.4) is 0 Å². The molecule has 2 aromatic rings. The van der Waals surface area contributed by atoms with Gasteiger partial charge in [-0.1, -0.05) is 0 Å². The van der Waals surface area contributed by atoms with Gasteiger partial charge in [0.2, 0.25) is 0 Å². The van der Waals surface area contributed by atoms with Crippen LogP contribution in [0.5, 0.6) is 0 Å². The summed E-state index contributed by atoms with van der Waals surface area (Å²) in [6, 6.07) is 4.94. The Morgan fingerprint density at radius 2 is 2.18 bits per heavy atom. The Labute approximate surface area is 121 Å². The zero-order valence-corrected chi connectivity index (χ0v) is 12.1. The average molecular weight is 242 g/mol. The van der Waals surface area contributed by atoms with Gasteiger partial charge < -0.3 is 14.3 Å². The van der Waals surface area contributed by atoms with Crippen molar-refractivity contribution < 1.29 is 43.9 Å². The summed E-state index contributed by atoms with van der Waals surface area (Å²) in [4.78, 5) is 10.5. The molecule has 0 spiro atoms. The molecular formula is C11H11N2NaO3. The molecule has 0 atom stereocenters. The Balaban J connectivity index is 0.00000144. The molecule has 2 heterocycles. The van der Waals surface area contributed by atoms with Gasteiger partial charge in [-0.15, -0.1) is 0 Å². The molecular weight excluding hydrogens is 231 g/mol. The molecule has 17 heavy (non-hydrogen) atoms. The molecule has 0 saturated heterocycles. The van der Waals surface area contributed by atoms with Crippen LogP contribution in [-0.4, -0.2) is 15.7 Å². The molecule has 0 aliphatic carbocycles. The summed E-state index contributed by atoms with van der Waals surface area (Å²) in [6.45, 7) is 4.26. The van der Waals surface area contributed by atoms with Crippen molar-refractivity contribution >= 4 is 5.97 Å². The number of carbonyl (C=O) groups excluding carboxylic acids is 1. The topological polar surface area (TPSA) is 71.1 Å². The van der Waals surface area contributed by atoms with Gasteiger partial charge in [-0.2, -0.15) is 5.10 Å². The monoisotopic (exact) mass is 242 g/mol. The van der Waals surface area contributed by atoms with Gasteiger partial charge in [-0.05, 0) is 32.0 Å². The molecule has 6 heteroatoms. The van der Waals surface area contributed by atoms with Crippen LogP contribution in [0.4, 0.5) is 0 Å². The number of furan rings is 1. The fraction of sp³-hybridized carbons (Fsp3) is 0.273. The minimum atomic E-state index is -1.31. The SMILES string of the molecule is Cc1cc(C)n(Cc2ccc(C(=O)[O-])o2)n1.[Na+]. The van der Waals surface area contributed by atoms with Gasteiger partial charge in [0.1, 0.15) is 17.5 Å². The smallest absolute Gasteiger partial charge is 0.542 e. The normalized spacial score (nSPS) is 10.0. The van der Waals surface area contributed by atoms with Crippen molar-refractivity contribution in [3.8, 4) is 0 Å². The second-order valence-corrected chi connectivity index (χ2v) is 3.64. The summed E-state index contributed by atoms with van der Waals surface area (Å²) in [5.41, 5.74) is 1.92. The van der Waals surface area contributed by atoms with Crippen LogP contribution in [-0.2, 0) is 6.54 Å². The third-order valence-electron chi connectivity index (χ3n) is 2.27. The molecule has 0 aliphatic rings. The molecule has 0 radical (unpaired) electrons. The van der Waals surface area contributed by atoms with Gasteiger partial charge in [0, 0.05) is 5.69 Å². The number of carbonyl (C=O) groups is 1. The van der Waals surface area contributed by atoms with Gasteiger partial charge in [0.15, 0.2) is 0 Å². The second kappa shape index (κ2) is 5.53. The first-order valence-corrected chi connectivity index (χ1v) is 4.87. The van der Waals surface area contributed by atoms with Crippen molar-refractivity contribution in [2.24, 2.45) is 0 Å². The molecule has 0 aliphatic heterocycles. The van der Waals surface area contributed by atoms with Crippen molar-refractivity contribution in [3.63, 3.8) is 0 Å². The standard InChI is InChI=1S/C11H12N2O3.Na/c1-7-5-8(2)13(12-7)6-9-3-4-10(16-9)11(14)15;/h3-5H,6H2,1-2H3,(H,14,15);/q;+1/p-1. The molecule has 84 valence electrons. The first-order chi connectivity index (χ1) is 7.56. The summed E-state index contributed by atoms with van der Waals surface area (Å²) in [5, 5.41) is 14.8. The van der Waals surface area contributed by atoms with E-state index in [0.29, 0.717) is 12.3 Å². The van der Waals surface area contributed by atoms with Gasteiger partial charge in [-0.25, -0.2) is 0 Å². The summed E-state index contributed by atoms with van der Waals surface area (Å²) in [5.74, 6) is -0.915. The number of carboxylic acid groups (broad SMARTS) is 1. The third kappa shape index (κ3) is 3.21. The van der Waals surface area contributed by atoms with Crippen LogP contribution in [0.15, 0.2) is 22.6 Å². The summed E-state index contributed by atoms with van der Waals surface area (Å²) in [6.07, 6.45) is 0. The van der Waals surface area contributed by atoms with Gasteiger partial charge in [-0.3, -0.25) is 4.68 Å². The van der Waals surface area contributed by atoms with Crippen LogP contribution in [0.25, 0.3) is 0 Å². The zero-order valence-electron chi connectivity index (χ0n) is 10.1. The van der Waals surface area contributed by atoms with Gasteiger partial charge >= 0.3 is 29.6 Å². The number of aryl methyl sites for hydroxylation is 2. The van der Waals surface area contributed by atoms with E-state index in [2.05, 4.69) is 5.10 Å². The van der Waals surface area contributed by atoms with Crippen LogP contribution < -0.4 is 34.7 Å². The minimum Gasteiger partial charge on any atom is -0.542 e. The maximum absolute atomic E-state index is 10.5. The van der Waals surface area contributed by atoms with E-state index in [0.717, 1.165) is 11.4 Å². The maximum atomic E-state index is 10.5. The second-order valence-electron chi connectivity index (χ2n) is 3.64. The van der Waals surface area contributed by atoms with Crippen LogP contribution >= 0.6 is 0 Å². The van der Waals surface area contributed by atoms with E-state index in [-0.39, 0.29) is 35.3 Å². The number of rotatable bonds is 3. The van der Waals surface area contributed by atoms with Crippen molar-refractivity contribution in [1.82, 2.24) is 9.78 Å². The van der Waals surface area contributed by atoms with Crippen LogP contribution in [0.2, 0.25) is 0 Å². The molecule has 2 rings (SSSR count). The van der Waals surface area contributed by atoms with Crippen molar-refractivity contribution in [2.45, 2.75) is 20.4 Å². The fourth-order valence-corrected chi connectivity index (χ4v) is 1.56. The first kappa shape index (κ1) is 14.0. The van der Waals surface area contributed by atoms with E-state index in [4.69, 9.17) is 4.42 Å². The molecule has 0 bridgehead atoms. The van der Waals surface area contributed by atoms with Crippen LogP contribution in [0.1, 0.15) is 27.7 Å². The van der Waals surface area contributed by atoms with Gasteiger partial charge in [0.05, 0.1) is 12.2 Å². The molecule has 0 saturated carbocycles. The van der Waals surface area contributed by atoms with E-state index in [1.165, 1.54) is 6.07 Å². The van der Waals surface area contributed by atoms with E-state index >= 15 is 0 Å². The number of aromatic nitrogens is 2. The van der Waals surface area contributed by atoms with E-state index in [9.17, 15) is 9.90 Å². The Morgan fingerprint density at radius 3 is 2.65 bits per heavy atom. The minimum absolute atomic E-state index is 0. The quantitative estimate of drug-likeness (QED) is 0.558. The Hall–Kier alpha value is -1.04. The molecule has 0 N–H and O–H groups in total. The van der Waals surface area contributed by atoms with Crippen molar-refractivity contribution in [2.75, 3.05) is 0 Å². The molecule has 2 aromatic heterocycles. The largest absolute Gasteiger partial charge is 1.00 e. The maximum Gasteiger partial charge on any atom is 1.00 e. The number of nitrogens with zero attached hydrogens (tertiary/aromatic N) is 2. The van der Waals surface area contributed by atoms with Crippen molar-refractivity contribution in [1.29, 1.82) is 0 Å². The molecule has 0 aromatic carbocycles. The van der Waals surface area contributed by atoms with Crippen molar-refractivity contribution in [3.05, 3.63) is 41.1 Å². The predicted molar refractivity (Wildman–Crippen MR) is 53.8 cm³/mol. The number of aromatic carboxylic acids is 1. The first-order valence-electron chi connectivity index (χ1n) is 4.87. The average Bonchev–Trinajstić information content (AvgIpc) is 2.75. The summed E-state index contributed by atoms with van der Waals surface area (Å²) in [7, 11) is 0. The zero-order chi connectivity index (χ0) is 11.7. The number of carboxylic acids is 1. The van der Waals surface area contributed by atoms with Gasteiger partial charge in [0.25, 0.3) is 0 Å². The predicted octanol–water partition coefficient (Wildman–Crippen LogP) is -2.49. The van der Waals surface area contributed by atoms with E-state index in [1.54, 1.807) is 10.7 Å². The molecule has 5 nitrogen and oxygen atoms in total. The molecule has 0 fully saturated rings. The third-order valence-corrected chi connectivity index (χ3v) is 2.27. The summed E-state index contributed by atoms with van der Waals surface area (Å²) >= 11 is 0. The molecule has 0 amide bonds.